The van der Waals surface area contributed by atoms with Gasteiger partial charge in [0.05, 0.1) is 0 Å². The molecule has 1 unspecified atom stereocenters. The lowest BCUT2D eigenvalue weighted by Crippen LogP contribution is -2.17. The zero-order chi connectivity index (χ0) is 17.0. The number of nitrogens with zero attached hydrogens (tertiary/aromatic N) is 4. The normalized spacial score (nSPS) is 12.3. The van der Waals surface area contributed by atoms with Crippen LogP contribution < -0.4 is 10.2 Å². The van der Waals surface area contributed by atoms with E-state index in [1.807, 2.05) is 43.3 Å². The molecule has 0 fully saturated rings. The SMILES string of the molecule is CC(C)c1nc(NCc2ccc(S(C)=O)cc2)nc(N(C)C)n1. The molecule has 124 valence electrons. The van der Waals surface area contributed by atoms with Crippen LogP contribution in [0.2, 0.25) is 0 Å². The molecule has 0 bridgehead atoms. The molecule has 0 aliphatic heterocycles. The highest BCUT2D eigenvalue weighted by Crippen LogP contribution is 2.16. The van der Waals surface area contributed by atoms with Gasteiger partial charge in [-0.3, -0.25) is 4.21 Å². The summed E-state index contributed by atoms with van der Waals surface area (Å²) in [5.74, 6) is 2.21. The van der Waals surface area contributed by atoms with Gasteiger partial charge in [-0.05, 0) is 17.7 Å². The van der Waals surface area contributed by atoms with E-state index in [0.717, 1.165) is 16.3 Å². The average Bonchev–Trinajstić information content (AvgIpc) is 2.52. The fraction of sp³-hybridized carbons (Fsp3) is 0.438. The van der Waals surface area contributed by atoms with Crippen molar-refractivity contribution in [1.29, 1.82) is 0 Å². The number of hydrogen-bond acceptors (Lipinski definition) is 6. The van der Waals surface area contributed by atoms with Crippen LogP contribution >= 0.6 is 0 Å². The predicted octanol–water partition coefficient (Wildman–Crippen LogP) is 2.41. The first-order chi connectivity index (χ1) is 10.9. The topological polar surface area (TPSA) is 71.0 Å². The van der Waals surface area contributed by atoms with Crippen LogP contribution in [0.15, 0.2) is 29.2 Å². The maximum Gasteiger partial charge on any atom is 0.229 e. The molecule has 0 radical (unpaired) electrons. The Labute approximate surface area is 139 Å². The first-order valence-corrected chi connectivity index (χ1v) is 9.02. The Kier molecular flexibility index (Phi) is 5.65. The summed E-state index contributed by atoms with van der Waals surface area (Å²) in [6.07, 6.45) is 1.67. The highest BCUT2D eigenvalue weighted by molar-refractivity contribution is 7.84. The second-order valence-corrected chi connectivity index (χ2v) is 7.20. The number of aromatic nitrogens is 3. The molecule has 0 aliphatic carbocycles. The standard InChI is InChI=1S/C16H23N5OS/c1-11(2)14-18-15(20-16(19-14)21(3)4)17-10-12-6-8-13(9-7-12)23(5)22/h6-9,11H,10H2,1-5H3,(H,17,18,19,20). The van der Waals surface area contributed by atoms with Crippen molar-refractivity contribution in [3.8, 4) is 0 Å². The summed E-state index contributed by atoms with van der Waals surface area (Å²) in [5, 5.41) is 3.24. The summed E-state index contributed by atoms with van der Waals surface area (Å²) in [4.78, 5) is 16.0. The van der Waals surface area contributed by atoms with Crippen LogP contribution in [-0.4, -0.2) is 39.5 Å². The minimum Gasteiger partial charge on any atom is -0.350 e. The van der Waals surface area contributed by atoms with E-state index in [0.29, 0.717) is 18.4 Å². The maximum absolute atomic E-state index is 11.4. The lowest BCUT2D eigenvalue weighted by molar-refractivity contribution is 0.687. The Bertz CT molecular complexity index is 659. The van der Waals surface area contributed by atoms with Gasteiger partial charge in [0.1, 0.15) is 5.82 Å². The molecule has 2 rings (SSSR count). The summed E-state index contributed by atoms with van der Waals surface area (Å²) in [7, 11) is 2.87. The van der Waals surface area contributed by atoms with Crippen molar-refractivity contribution in [3.63, 3.8) is 0 Å². The van der Waals surface area contributed by atoms with Crippen molar-refractivity contribution >= 4 is 22.7 Å². The molecular formula is C16H23N5OS. The molecule has 1 aromatic carbocycles. The molecule has 23 heavy (non-hydrogen) atoms. The summed E-state index contributed by atoms with van der Waals surface area (Å²) in [6.45, 7) is 4.72. The van der Waals surface area contributed by atoms with Gasteiger partial charge >= 0.3 is 0 Å². The van der Waals surface area contributed by atoms with Crippen LogP contribution in [0.25, 0.3) is 0 Å². The zero-order valence-electron chi connectivity index (χ0n) is 14.2. The third-order valence-corrected chi connectivity index (χ3v) is 4.20. The minimum atomic E-state index is -0.953. The van der Waals surface area contributed by atoms with Crippen LogP contribution in [0.3, 0.4) is 0 Å². The molecule has 6 nitrogen and oxygen atoms in total. The van der Waals surface area contributed by atoms with E-state index in [9.17, 15) is 4.21 Å². The van der Waals surface area contributed by atoms with Gasteiger partial charge in [-0.2, -0.15) is 15.0 Å². The summed E-state index contributed by atoms with van der Waals surface area (Å²) in [5.41, 5.74) is 1.08. The van der Waals surface area contributed by atoms with Crippen molar-refractivity contribution in [2.45, 2.75) is 31.2 Å². The van der Waals surface area contributed by atoms with Crippen molar-refractivity contribution in [2.24, 2.45) is 0 Å². The van der Waals surface area contributed by atoms with E-state index < -0.39 is 10.8 Å². The number of hydrogen-bond donors (Lipinski definition) is 1. The Morgan fingerprint density at radius 1 is 1.13 bits per heavy atom. The van der Waals surface area contributed by atoms with Gasteiger partial charge in [-0.15, -0.1) is 0 Å². The van der Waals surface area contributed by atoms with Crippen LogP contribution in [0.1, 0.15) is 31.2 Å². The lowest BCUT2D eigenvalue weighted by atomic mass is 10.2. The van der Waals surface area contributed by atoms with Crippen molar-refractivity contribution < 1.29 is 4.21 Å². The first-order valence-electron chi connectivity index (χ1n) is 7.46. The molecular weight excluding hydrogens is 310 g/mol. The second kappa shape index (κ2) is 7.50. The zero-order valence-corrected chi connectivity index (χ0v) is 15.0. The minimum absolute atomic E-state index is 0.232. The van der Waals surface area contributed by atoms with Gasteiger partial charge < -0.3 is 10.2 Å². The second-order valence-electron chi connectivity index (χ2n) is 5.82. The van der Waals surface area contributed by atoms with Gasteiger partial charge in [0.2, 0.25) is 11.9 Å². The van der Waals surface area contributed by atoms with E-state index >= 15 is 0 Å². The monoisotopic (exact) mass is 333 g/mol. The predicted molar refractivity (Wildman–Crippen MR) is 94.3 cm³/mol. The molecule has 0 saturated heterocycles. The van der Waals surface area contributed by atoms with Gasteiger partial charge in [-0.25, -0.2) is 0 Å². The van der Waals surface area contributed by atoms with E-state index in [1.165, 1.54) is 0 Å². The largest absolute Gasteiger partial charge is 0.350 e. The number of benzene rings is 1. The average molecular weight is 333 g/mol. The highest BCUT2D eigenvalue weighted by atomic mass is 32.2. The molecule has 1 heterocycles. The fourth-order valence-corrected chi connectivity index (χ4v) is 2.42. The van der Waals surface area contributed by atoms with Crippen LogP contribution in [0.4, 0.5) is 11.9 Å². The quantitative estimate of drug-likeness (QED) is 0.875. The van der Waals surface area contributed by atoms with Gasteiger partial charge in [-0.1, -0.05) is 26.0 Å². The van der Waals surface area contributed by atoms with Crippen LogP contribution in [0, 0.1) is 0 Å². The molecule has 1 aromatic heterocycles. The lowest BCUT2D eigenvalue weighted by Gasteiger charge is -2.14. The van der Waals surface area contributed by atoms with Gasteiger partial charge in [0.15, 0.2) is 0 Å². The summed E-state index contributed by atoms with van der Waals surface area (Å²) < 4.78 is 11.4. The summed E-state index contributed by atoms with van der Waals surface area (Å²) >= 11 is 0. The first kappa shape index (κ1) is 17.3. The molecule has 0 amide bonds. The molecule has 2 aromatic rings. The molecule has 1 N–H and O–H groups in total. The Balaban J connectivity index is 2.14. The van der Waals surface area contributed by atoms with Crippen LogP contribution in [-0.2, 0) is 17.3 Å². The van der Waals surface area contributed by atoms with Gasteiger partial charge in [0.25, 0.3) is 0 Å². The Morgan fingerprint density at radius 2 is 1.78 bits per heavy atom. The number of anilines is 2. The number of nitrogens with one attached hydrogen (secondary N) is 1. The molecule has 1 atom stereocenters. The smallest absolute Gasteiger partial charge is 0.229 e. The Hall–Kier alpha value is -2.02. The highest BCUT2D eigenvalue weighted by Gasteiger charge is 2.10. The third kappa shape index (κ3) is 4.72. The fourth-order valence-electron chi connectivity index (χ4n) is 1.90. The van der Waals surface area contributed by atoms with E-state index in [2.05, 4.69) is 34.1 Å². The third-order valence-electron chi connectivity index (χ3n) is 3.26. The maximum atomic E-state index is 11.4. The summed E-state index contributed by atoms with van der Waals surface area (Å²) in [6, 6.07) is 7.68. The van der Waals surface area contributed by atoms with E-state index in [1.54, 1.807) is 6.26 Å². The molecule has 0 saturated carbocycles. The Morgan fingerprint density at radius 3 is 2.30 bits per heavy atom. The van der Waals surface area contributed by atoms with Crippen molar-refractivity contribution in [3.05, 3.63) is 35.7 Å². The molecule has 0 aliphatic rings. The molecule has 0 spiro atoms. The molecule has 7 heteroatoms. The van der Waals surface area contributed by atoms with Crippen molar-refractivity contribution in [2.75, 3.05) is 30.6 Å². The van der Waals surface area contributed by atoms with Crippen molar-refractivity contribution in [1.82, 2.24) is 15.0 Å². The van der Waals surface area contributed by atoms with Gasteiger partial charge in [0, 0.05) is 48.5 Å². The van der Waals surface area contributed by atoms with E-state index in [-0.39, 0.29) is 5.92 Å². The number of rotatable bonds is 6. The van der Waals surface area contributed by atoms with E-state index in [4.69, 9.17) is 0 Å². The van der Waals surface area contributed by atoms with Crippen LogP contribution in [0.5, 0.6) is 0 Å².